The Hall–Kier alpha value is -4.33. The van der Waals surface area contributed by atoms with Gasteiger partial charge in [-0.2, -0.15) is 0 Å². The minimum atomic E-state index is -0.929. The Kier molecular flexibility index (Phi) is 8.00. The third-order valence-corrected chi connectivity index (χ3v) is 6.44. The number of Topliss-reactive ketones (excluding diaryl/α,β-unsaturated/α-hetero) is 1. The van der Waals surface area contributed by atoms with Crippen molar-refractivity contribution in [2.45, 2.75) is 33.2 Å². The van der Waals surface area contributed by atoms with E-state index in [1.54, 1.807) is 49.4 Å². The normalized spacial score (nSPS) is 16.6. The summed E-state index contributed by atoms with van der Waals surface area (Å²) in [5, 5.41) is 21.6. The van der Waals surface area contributed by atoms with Gasteiger partial charge in [0.1, 0.15) is 17.3 Å². The number of carbonyl (C=O) groups excluding carboxylic acids is 2. The first-order valence-corrected chi connectivity index (χ1v) is 12.5. The molecule has 1 fully saturated rings. The van der Waals surface area contributed by atoms with Gasteiger partial charge in [0.25, 0.3) is 11.7 Å². The van der Waals surface area contributed by atoms with Crippen LogP contribution < -0.4 is 9.47 Å². The highest BCUT2D eigenvalue weighted by Gasteiger charge is 2.46. The fourth-order valence-electron chi connectivity index (χ4n) is 4.60. The molecule has 1 aliphatic heterocycles. The van der Waals surface area contributed by atoms with Gasteiger partial charge in [0.05, 0.1) is 24.8 Å². The highest BCUT2D eigenvalue weighted by atomic mass is 19.1. The number of rotatable bonds is 9. The molecule has 0 radical (unpaired) electrons. The summed E-state index contributed by atoms with van der Waals surface area (Å²) in [6.07, 6.45) is 0.363. The van der Waals surface area contributed by atoms with Crippen LogP contribution in [0.3, 0.4) is 0 Å². The van der Waals surface area contributed by atoms with Crippen LogP contribution in [0.4, 0.5) is 4.39 Å². The Morgan fingerprint density at radius 2 is 1.63 bits per heavy atom. The molecule has 0 aromatic heterocycles. The van der Waals surface area contributed by atoms with Gasteiger partial charge in [-0.05, 0) is 86.3 Å². The third-order valence-electron chi connectivity index (χ3n) is 6.44. The highest BCUT2D eigenvalue weighted by molar-refractivity contribution is 6.46. The number of hydrogen-bond donors (Lipinski definition) is 2. The van der Waals surface area contributed by atoms with Crippen LogP contribution in [0.1, 0.15) is 42.1 Å². The number of carbonyl (C=O) groups is 2. The summed E-state index contributed by atoms with van der Waals surface area (Å²) < 4.78 is 24.5. The quantitative estimate of drug-likeness (QED) is 0.226. The van der Waals surface area contributed by atoms with E-state index in [4.69, 9.17) is 9.47 Å². The van der Waals surface area contributed by atoms with Gasteiger partial charge in [0.15, 0.2) is 11.5 Å². The molecule has 8 heteroatoms. The highest BCUT2D eigenvalue weighted by Crippen LogP contribution is 2.42. The van der Waals surface area contributed by atoms with Crippen molar-refractivity contribution in [3.8, 4) is 17.2 Å². The van der Waals surface area contributed by atoms with Crippen molar-refractivity contribution < 1.29 is 33.7 Å². The summed E-state index contributed by atoms with van der Waals surface area (Å²) in [5.41, 5.74) is 2.35. The second kappa shape index (κ2) is 11.4. The van der Waals surface area contributed by atoms with E-state index in [0.29, 0.717) is 36.5 Å². The molecule has 1 unspecified atom stereocenters. The van der Waals surface area contributed by atoms with Crippen molar-refractivity contribution in [1.82, 2.24) is 4.90 Å². The number of aliphatic hydroxyl groups is 1. The topological polar surface area (TPSA) is 96.3 Å². The Morgan fingerprint density at radius 1 is 0.947 bits per heavy atom. The fraction of sp³-hybridized carbons (Fsp3) is 0.267. The number of hydrogen-bond acceptors (Lipinski definition) is 6. The van der Waals surface area contributed by atoms with Crippen molar-refractivity contribution in [2.75, 3.05) is 19.8 Å². The van der Waals surface area contributed by atoms with Crippen molar-refractivity contribution >= 4 is 17.4 Å². The van der Waals surface area contributed by atoms with Crippen LogP contribution in [0.5, 0.6) is 17.2 Å². The van der Waals surface area contributed by atoms with E-state index >= 15 is 0 Å². The van der Waals surface area contributed by atoms with Crippen LogP contribution in [-0.2, 0) is 16.0 Å². The number of aromatic hydroxyl groups is 1. The van der Waals surface area contributed by atoms with E-state index in [0.717, 1.165) is 11.1 Å². The number of ketones is 1. The van der Waals surface area contributed by atoms with Gasteiger partial charge < -0.3 is 24.6 Å². The molecule has 4 rings (SSSR count). The Balaban J connectivity index is 1.81. The monoisotopic (exact) mass is 519 g/mol. The van der Waals surface area contributed by atoms with E-state index in [2.05, 4.69) is 0 Å². The molecule has 2 N–H and O–H groups in total. The molecule has 0 bridgehead atoms. The van der Waals surface area contributed by atoms with Crippen LogP contribution in [0.2, 0.25) is 0 Å². The number of ether oxygens (including phenoxy) is 2. The lowest BCUT2D eigenvalue weighted by Crippen LogP contribution is -2.31. The second-order valence-corrected chi connectivity index (χ2v) is 8.94. The van der Waals surface area contributed by atoms with Gasteiger partial charge >= 0.3 is 0 Å². The molecule has 1 amide bonds. The molecule has 38 heavy (non-hydrogen) atoms. The zero-order chi connectivity index (χ0) is 27.4. The molecule has 0 spiro atoms. The second-order valence-electron chi connectivity index (χ2n) is 8.94. The zero-order valence-electron chi connectivity index (χ0n) is 21.5. The van der Waals surface area contributed by atoms with Gasteiger partial charge in [-0.15, -0.1) is 0 Å². The Bertz CT molecular complexity index is 1380. The molecule has 7 nitrogen and oxygen atoms in total. The van der Waals surface area contributed by atoms with Crippen molar-refractivity contribution in [1.29, 1.82) is 0 Å². The summed E-state index contributed by atoms with van der Waals surface area (Å²) in [6, 6.07) is 14.6. The minimum absolute atomic E-state index is 0.0641. The SMILES string of the molecule is CCOc1ccc(/C(O)=C2/C(=O)C(=O)N(CCc3ccc(F)cc3)C2c2ccc(O)c(OCC)c2)cc1C. The number of phenolic OH excluding ortho intramolecular Hbond substituents is 1. The van der Waals surface area contributed by atoms with Crippen LogP contribution >= 0.6 is 0 Å². The van der Waals surface area contributed by atoms with Gasteiger partial charge in [0.2, 0.25) is 0 Å². The zero-order valence-corrected chi connectivity index (χ0v) is 21.5. The molecule has 3 aromatic rings. The third kappa shape index (κ3) is 5.34. The molecule has 1 heterocycles. The molecular weight excluding hydrogens is 489 g/mol. The summed E-state index contributed by atoms with van der Waals surface area (Å²) >= 11 is 0. The predicted octanol–water partition coefficient (Wildman–Crippen LogP) is 5.30. The first kappa shape index (κ1) is 26.7. The number of aliphatic hydroxyl groups excluding tert-OH is 1. The number of phenols is 1. The van der Waals surface area contributed by atoms with Crippen LogP contribution in [0.15, 0.2) is 66.2 Å². The number of amides is 1. The largest absolute Gasteiger partial charge is 0.507 e. The lowest BCUT2D eigenvalue weighted by Gasteiger charge is -2.26. The van der Waals surface area contributed by atoms with Gasteiger partial charge in [-0.25, -0.2) is 4.39 Å². The average molecular weight is 520 g/mol. The standard InChI is InChI=1S/C30H30FNO6/c1-4-37-24-13-9-21(16-18(24)3)28(34)26-27(20-8-12-23(33)25(17-20)38-5-2)32(30(36)29(26)35)15-14-19-6-10-22(31)11-7-19/h6-13,16-17,27,33-34H,4-5,14-15H2,1-3H3/b28-26-. The average Bonchev–Trinajstić information content (AvgIpc) is 3.15. The number of halogens is 1. The molecule has 0 aliphatic carbocycles. The smallest absolute Gasteiger partial charge is 0.295 e. The van der Waals surface area contributed by atoms with Crippen molar-refractivity contribution in [3.05, 3.63) is 94.3 Å². The number of benzene rings is 3. The molecule has 0 saturated carbocycles. The van der Waals surface area contributed by atoms with E-state index < -0.39 is 17.7 Å². The predicted molar refractivity (Wildman–Crippen MR) is 141 cm³/mol. The van der Waals surface area contributed by atoms with Gasteiger partial charge in [0, 0.05) is 12.1 Å². The van der Waals surface area contributed by atoms with Crippen LogP contribution in [0, 0.1) is 12.7 Å². The maximum absolute atomic E-state index is 13.4. The lowest BCUT2D eigenvalue weighted by molar-refractivity contribution is -0.139. The molecule has 1 aliphatic rings. The first-order valence-electron chi connectivity index (χ1n) is 12.5. The summed E-state index contributed by atoms with van der Waals surface area (Å²) in [5.74, 6) is -1.48. The maximum atomic E-state index is 13.4. The Labute approximate surface area is 220 Å². The Morgan fingerprint density at radius 3 is 2.29 bits per heavy atom. The molecule has 198 valence electrons. The minimum Gasteiger partial charge on any atom is -0.507 e. The number of likely N-dealkylation sites (tertiary alicyclic amines) is 1. The van der Waals surface area contributed by atoms with Gasteiger partial charge in [-0.3, -0.25) is 9.59 Å². The van der Waals surface area contributed by atoms with E-state index in [1.807, 2.05) is 13.8 Å². The van der Waals surface area contributed by atoms with E-state index in [-0.39, 0.29) is 35.2 Å². The lowest BCUT2D eigenvalue weighted by atomic mass is 9.94. The molecular formula is C30H30FNO6. The summed E-state index contributed by atoms with van der Waals surface area (Å²) in [4.78, 5) is 28.0. The summed E-state index contributed by atoms with van der Waals surface area (Å²) in [7, 11) is 0. The van der Waals surface area contributed by atoms with E-state index in [9.17, 15) is 24.2 Å². The molecule has 1 atom stereocenters. The number of nitrogens with zero attached hydrogens (tertiary/aromatic N) is 1. The molecule has 3 aromatic carbocycles. The molecule has 1 saturated heterocycles. The number of aryl methyl sites for hydroxylation is 1. The van der Waals surface area contributed by atoms with Crippen molar-refractivity contribution in [3.63, 3.8) is 0 Å². The van der Waals surface area contributed by atoms with Gasteiger partial charge in [-0.1, -0.05) is 18.2 Å². The van der Waals surface area contributed by atoms with E-state index in [1.165, 1.54) is 23.1 Å². The fourth-order valence-corrected chi connectivity index (χ4v) is 4.60. The summed E-state index contributed by atoms with van der Waals surface area (Å²) in [6.45, 7) is 6.39. The maximum Gasteiger partial charge on any atom is 0.295 e. The van der Waals surface area contributed by atoms with Crippen molar-refractivity contribution in [2.24, 2.45) is 0 Å². The van der Waals surface area contributed by atoms with Crippen LogP contribution in [-0.4, -0.2) is 46.6 Å². The van der Waals surface area contributed by atoms with Crippen LogP contribution in [0.25, 0.3) is 5.76 Å². The first-order chi connectivity index (χ1) is 18.2.